The van der Waals surface area contributed by atoms with Gasteiger partial charge in [-0.3, -0.25) is 4.79 Å². The second kappa shape index (κ2) is 15.2. The molecule has 2 fully saturated rings. The van der Waals surface area contributed by atoms with Crippen LogP contribution in [0.15, 0.2) is 109 Å². The number of phenols is 2. The zero-order valence-electron chi connectivity index (χ0n) is 32.0. The smallest absolute Gasteiger partial charge is 0.310 e. The van der Waals surface area contributed by atoms with Crippen molar-refractivity contribution in [2.45, 2.75) is 78.7 Å². The summed E-state index contributed by atoms with van der Waals surface area (Å²) in [5.74, 6) is 1.00. The molecular formula is C47H50O7S. The molecule has 2 N–H and O–H groups in total. The van der Waals surface area contributed by atoms with Crippen LogP contribution in [0.3, 0.4) is 0 Å². The highest BCUT2D eigenvalue weighted by Gasteiger charge is 2.65. The highest BCUT2D eigenvalue weighted by molar-refractivity contribution is 7.87. The van der Waals surface area contributed by atoms with Crippen LogP contribution in [0.1, 0.15) is 91.5 Å². The van der Waals surface area contributed by atoms with Gasteiger partial charge in [0, 0.05) is 43.2 Å². The number of hydrogen-bond acceptors (Lipinski definition) is 7. The fraction of sp³-hybridized carbons (Fsp3) is 0.340. The van der Waals surface area contributed by atoms with Gasteiger partial charge in [-0.05, 0) is 71.4 Å². The molecule has 8 heteroatoms. The molecule has 5 aromatic rings. The minimum Gasteiger partial charge on any atom is -0.507 e. The Balaban J connectivity index is 0.000000708. The predicted octanol–water partition coefficient (Wildman–Crippen LogP) is 9.35. The molecule has 3 aliphatic rings. The third kappa shape index (κ3) is 7.62. The van der Waals surface area contributed by atoms with Crippen LogP contribution in [0.2, 0.25) is 0 Å². The second-order valence-electron chi connectivity index (χ2n) is 16.1. The largest absolute Gasteiger partial charge is 0.507 e. The Hall–Kier alpha value is -5.08. The monoisotopic (exact) mass is 758 g/mol. The Morgan fingerprint density at radius 3 is 1.40 bits per heavy atom. The molecule has 0 aliphatic heterocycles. The molecule has 2 atom stereocenters. The van der Waals surface area contributed by atoms with Crippen molar-refractivity contribution in [3.05, 3.63) is 154 Å². The first kappa shape index (κ1) is 38.2. The van der Waals surface area contributed by atoms with Gasteiger partial charge < -0.3 is 19.1 Å². The Morgan fingerprint density at radius 2 is 1.02 bits per heavy atom. The normalized spacial score (nSPS) is 19.7. The van der Waals surface area contributed by atoms with Crippen LogP contribution in [0.25, 0.3) is 0 Å². The number of hydrogen-bond donors (Lipinski definition) is 2. The van der Waals surface area contributed by atoms with E-state index in [0.29, 0.717) is 65.7 Å². The van der Waals surface area contributed by atoms with Gasteiger partial charge in [-0.2, -0.15) is 8.42 Å². The van der Waals surface area contributed by atoms with Crippen molar-refractivity contribution >= 4 is 15.9 Å². The van der Waals surface area contributed by atoms with Gasteiger partial charge in [0.15, 0.2) is 0 Å². The maximum atomic E-state index is 14.2. The first-order valence-electron chi connectivity index (χ1n) is 19.2. The van der Waals surface area contributed by atoms with Crippen LogP contribution in [0.5, 0.6) is 23.0 Å². The summed E-state index contributed by atoms with van der Waals surface area (Å²) in [4.78, 5) is 13.3. The quantitative estimate of drug-likeness (QED) is 0.163. The number of aromatic hydroxyl groups is 2. The fourth-order valence-corrected chi connectivity index (χ4v) is 10.8. The van der Waals surface area contributed by atoms with E-state index in [-0.39, 0.29) is 47.2 Å². The standard InChI is InChI=1S/C41H44O7S.C6H6/c1-25(2)47-38-30-13-7-14-31(38)22-33-16-8-15-32(39(33)48-49(45,46)24-41-18-17-34(23-35(41)42)40(41,3)4)21-29-12-6-10-27(37(29)44)19-26-9-5-11-28(20-30)36(26)43;1-2-4-6-5-3-1/h5-16,25,34,43-44H,17-24H2,1-4H3;1-6H/t34-,41-;/m1./s1. The molecule has 55 heavy (non-hydrogen) atoms. The maximum Gasteiger partial charge on any atom is 0.310 e. The summed E-state index contributed by atoms with van der Waals surface area (Å²) in [7, 11) is -4.24. The summed E-state index contributed by atoms with van der Waals surface area (Å²) in [6.45, 7) is 7.97. The fourth-order valence-electron chi connectivity index (χ4n) is 8.96. The molecule has 3 aliphatic carbocycles. The Kier molecular flexibility index (Phi) is 10.6. The zero-order chi connectivity index (χ0) is 39.0. The van der Waals surface area contributed by atoms with E-state index < -0.39 is 20.9 Å². The number of ether oxygens (including phenoxy) is 1. The van der Waals surface area contributed by atoms with E-state index in [2.05, 4.69) is 0 Å². The highest BCUT2D eigenvalue weighted by atomic mass is 32.2. The second-order valence-corrected chi connectivity index (χ2v) is 17.7. The molecule has 7 nitrogen and oxygen atoms in total. The van der Waals surface area contributed by atoms with Crippen molar-refractivity contribution in [2.75, 3.05) is 5.75 Å². The molecule has 0 amide bonds. The minimum atomic E-state index is -4.24. The first-order chi connectivity index (χ1) is 26.3. The molecule has 0 radical (unpaired) electrons. The minimum absolute atomic E-state index is 0.0146. The van der Waals surface area contributed by atoms with Crippen LogP contribution in [-0.4, -0.2) is 36.3 Å². The SMILES string of the molecule is CC(C)Oc1c2cccc1Cc1cccc(c1OS(=O)(=O)C[C@]13CC[C@H](CC1=O)C3(C)C)Cc1cccc(c1O)Cc1cccc(c1O)C2.c1ccccc1. The lowest BCUT2D eigenvalue weighted by atomic mass is 9.70. The lowest BCUT2D eigenvalue weighted by Gasteiger charge is -2.35. The van der Waals surface area contributed by atoms with Gasteiger partial charge in [0.05, 0.1) is 17.3 Å². The molecule has 2 saturated carbocycles. The van der Waals surface area contributed by atoms with Crippen LogP contribution in [-0.2, 0) is 40.6 Å². The summed E-state index contributed by atoms with van der Waals surface area (Å²) in [5, 5.41) is 22.9. The van der Waals surface area contributed by atoms with Gasteiger partial charge in [-0.1, -0.05) is 123 Å². The Labute approximate surface area is 325 Å². The van der Waals surface area contributed by atoms with E-state index in [4.69, 9.17) is 8.92 Å². The van der Waals surface area contributed by atoms with Crippen LogP contribution in [0, 0.1) is 16.7 Å². The summed E-state index contributed by atoms with van der Waals surface area (Å²) in [6.07, 6.45) is 2.88. The van der Waals surface area contributed by atoms with E-state index in [0.717, 1.165) is 23.1 Å². The molecule has 0 aromatic heterocycles. The molecule has 0 unspecified atom stereocenters. The van der Waals surface area contributed by atoms with Gasteiger partial charge in [0.2, 0.25) is 0 Å². The number of para-hydroxylation sites is 4. The van der Waals surface area contributed by atoms with Crippen molar-refractivity contribution < 1.29 is 32.3 Å². The van der Waals surface area contributed by atoms with Crippen LogP contribution in [0.4, 0.5) is 0 Å². The van der Waals surface area contributed by atoms with Gasteiger partial charge >= 0.3 is 10.1 Å². The van der Waals surface area contributed by atoms with Crippen molar-refractivity contribution in [3.63, 3.8) is 0 Å². The average Bonchev–Trinajstić information content (AvgIpc) is 3.49. The third-order valence-corrected chi connectivity index (χ3v) is 13.3. The highest BCUT2D eigenvalue weighted by Crippen LogP contribution is 2.64. The summed E-state index contributed by atoms with van der Waals surface area (Å²) in [6, 6.07) is 34.7. The van der Waals surface area contributed by atoms with E-state index in [1.807, 2.05) is 137 Å². The number of carbonyl (C=O) groups excluding carboxylic acids is 1. The Morgan fingerprint density at radius 1 is 0.636 bits per heavy atom. The van der Waals surface area contributed by atoms with Gasteiger partial charge in [-0.25, -0.2) is 0 Å². The number of carbonyl (C=O) groups is 1. The van der Waals surface area contributed by atoms with Crippen molar-refractivity contribution in [2.24, 2.45) is 16.7 Å². The van der Waals surface area contributed by atoms with Gasteiger partial charge in [0.1, 0.15) is 28.8 Å². The summed E-state index contributed by atoms with van der Waals surface area (Å²) in [5.41, 5.74) is 4.26. The Bertz CT molecular complexity index is 2290. The maximum absolute atomic E-state index is 14.2. The number of Topliss-reactive ketones (excluding diaryl/α,β-unsaturated/α-hetero) is 1. The van der Waals surface area contributed by atoms with Crippen LogP contribution >= 0.6 is 0 Å². The number of ketones is 1. The lowest BCUT2D eigenvalue weighted by molar-refractivity contribution is -0.128. The molecular weight excluding hydrogens is 709 g/mol. The molecule has 286 valence electrons. The van der Waals surface area contributed by atoms with E-state index in [9.17, 15) is 23.4 Å². The molecule has 0 spiro atoms. The van der Waals surface area contributed by atoms with Gasteiger partial charge in [-0.15, -0.1) is 0 Å². The van der Waals surface area contributed by atoms with E-state index >= 15 is 0 Å². The topological polar surface area (TPSA) is 110 Å². The molecule has 0 heterocycles. The molecule has 8 rings (SSSR count). The number of fused-ring (bicyclic) bond motifs is 10. The van der Waals surface area contributed by atoms with Gasteiger partial charge in [0.25, 0.3) is 0 Å². The van der Waals surface area contributed by atoms with E-state index in [1.54, 1.807) is 0 Å². The first-order valence-corrected chi connectivity index (χ1v) is 20.8. The zero-order valence-corrected chi connectivity index (χ0v) is 32.9. The summed E-state index contributed by atoms with van der Waals surface area (Å²) >= 11 is 0. The number of rotatable bonds is 6. The van der Waals surface area contributed by atoms with Crippen molar-refractivity contribution in [1.29, 1.82) is 0 Å². The van der Waals surface area contributed by atoms with Crippen molar-refractivity contribution in [1.82, 2.24) is 0 Å². The number of benzene rings is 5. The lowest BCUT2D eigenvalue weighted by Crippen LogP contribution is -2.43. The third-order valence-electron chi connectivity index (χ3n) is 12.1. The average molecular weight is 759 g/mol. The predicted molar refractivity (Wildman–Crippen MR) is 216 cm³/mol. The van der Waals surface area contributed by atoms with E-state index in [1.165, 1.54) is 0 Å². The van der Waals surface area contributed by atoms with Crippen LogP contribution < -0.4 is 8.92 Å². The summed E-state index contributed by atoms with van der Waals surface area (Å²) < 4.78 is 40.9. The number of phenolic OH excluding ortho intramolecular Hbond substituents is 2. The molecule has 5 aromatic carbocycles. The molecule has 10 bridgehead atoms. The molecule has 0 saturated heterocycles. The van der Waals surface area contributed by atoms with Crippen molar-refractivity contribution in [3.8, 4) is 23.0 Å².